The number of aromatic nitrogens is 3. The maximum Gasteiger partial charge on any atom is 0.416 e. The van der Waals surface area contributed by atoms with E-state index in [0.717, 1.165) is 25.3 Å². The second-order valence-electron chi connectivity index (χ2n) is 8.19. The Hall–Kier alpha value is -2.90. The van der Waals surface area contributed by atoms with Crippen LogP contribution in [0.5, 0.6) is 0 Å². The maximum absolute atomic E-state index is 13.2. The fraction of sp³-hybridized carbons (Fsp3) is 0.409. The molecule has 8 heteroatoms. The summed E-state index contributed by atoms with van der Waals surface area (Å²) in [5.41, 5.74) is 0.278. The minimum atomic E-state index is -4.40. The normalized spacial score (nSPS) is 15.8. The molecule has 1 aliphatic carbocycles. The lowest BCUT2D eigenvalue weighted by molar-refractivity contribution is -0.138. The summed E-state index contributed by atoms with van der Waals surface area (Å²) in [6.45, 7) is 5.42. The molecule has 0 saturated heterocycles. The molecule has 1 N–H and O–H groups in total. The van der Waals surface area contributed by atoms with Crippen molar-refractivity contribution in [3.63, 3.8) is 0 Å². The van der Waals surface area contributed by atoms with Crippen LogP contribution in [0.4, 0.5) is 19.0 Å². The molecule has 5 nitrogen and oxygen atoms in total. The van der Waals surface area contributed by atoms with E-state index in [1.807, 2.05) is 0 Å². The smallest absolute Gasteiger partial charge is 0.365 e. The first-order valence-corrected chi connectivity index (χ1v) is 9.90. The molecule has 4 rings (SSSR count). The quantitative estimate of drug-likeness (QED) is 0.655. The average Bonchev–Trinajstić information content (AvgIpc) is 2.63. The first kappa shape index (κ1) is 20.4. The van der Waals surface area contributed by atoms with Crippen LogP contribution in [0.1, 0.15) is 48.7 Å². The van der Waals surface area contributed by atoms with Gasteiger partial charge in [-0.1, -0.05) is 12.1 Å². The van der Waals surface area contributed by atoms with E-state index in [2.05, 4.69) is 22.2 Å². The van der Waals surface area contributed by atoms with Crippen LogP contribution in [-0.2, 0) is 18.3 Å². The van der Waals surface area contributed by atoms with Gasteiger partial charge in [0, 0.05) is 24.3 Å². The van der Waals surface area contributed by atoms with E-state index in [-0.39, 0.29) is 23.2 Å². The number of nitrogens with zero attached hydrogens (tertiary/aromatic N) is 3. The number of pyridine rings is 1. The topological polar surface area (TPSA) is 59.8 Å². The summed E-state index contributed by atoms with van der Waals surface area (Å²) >= 11 is 0. The molecule has 1 saturated carbocycles. The first-order valence-electron chi connectivity index (χ1n) is 9.90. The number of alkyl halides is 3. The van der Waals surface area contributed by atoms with Gasteiger partial charge in [-0.2, -0.15) is 13.2 Å². The highest BCUT2D eigenvalue weighted by Gasteiger charge is 2.35. The van der Waals surface area contributed by atoms with Gasteiger partial charge < -0.3 is 9.88 Å². The van der Waals surface area contributed by atoms with Gasteiger partial charge in [-0.25, -0.2) is 9.97 Å². The predicted octanol–water partition coefficient (Wildman–Crippen LogP) is 4.94. The molecule has 3 aromatic rings. The Bertz CT molecular complexity index is 1180. The Morgan fingerprint density at radius 2 is 1.93 bits per heavy atom. The van der Waals surface area contributed by atoms with Crippen LogP contribution in [0.15, 0.2) is 35.3 Å². The molecule has 30 heavy (non-hydrogen) atoms. The molecule has 0 unspecified atom stereocenters. The van der Waals surface area contributed by atoms with Crippen LogP contribution in [-0.4, -0.2) is 14.5 Å². The van der Waals surface area contributed by atoms with E-state index < -0.39 is 11.7 Å². The van der Waals surface area contributed by atoms with Crippen LogP contribution in [0.3, 0.4) is 0 Å². The number of hydrogen-bond donors (Lipinski definition) is 1. The van der Waals surface area contributed by atoms with E-state index in [9.17, 15) is 18.0 Å². The number of halogens is 3. The second kappa shape index (κ2) is 7.11. The molecule has 1 aromatic carbocycles. The summed E-state index contributed by atoms with van der Waals surface area (Å²) in [7, 11) is 0. The van der Waals surface area contributed by atoms with Crippen LogP contribution in [0.25, 0.3) is 10.9 Å². The van der Waals surface area contributed by atoms with Crippen molar-refractivity contribution in [1.29, 1.82) is 0 Å². The van der Waals surface area contributed by atoms with Gasteiger partial charge in [-0.3, -0.25) is 4.79 Å². The fourth-order valence-electron chi connectivity index (χ4n) is 4.07. The number of aryl methyl sites for hydroxylation is 1. The molecular weight excluding hydrogens is 393 g/mol. The van der Waals surface area contributed by atoms with Gasteiger partial charge in [0.25, 0.3) is 5.56 Å². The Kier molecular flexibility index (Phi) is 4.83. The lowest BCUT2D eigenvalue weighted by atomic mass is 9.78. The van der Waals surface area contributed by atoms with Crippen molar-refractivity contribution in [3.8, 4) is 0 Å². The third kappa shape index (κ3) is 3.55. The third-order valence-electron chi connectivity index (χ3n) is 6.05. The number of hydrogen-bond acceptors (Lipinski definition) is 4. The average molecular weight is 416 g/mol. The zero-order valence-corrected chi connectivity index (χ0v) is 17.1. The van der Waals surface area contributed by atoms with Crippen molar-refractivity contribution in [2.24, 2.45) is 0 Å². The zero-order chi connectivity index (χ0) is 21.7. The van der Waals surface area contributed by atoms with E-state index in [4.69, 9.17) is 0 Å². The minimum absolute atomic E-state index is 0.109. The summed E-state index contributed by atoms with van der Waals surface area (Å²) in [4.78, 5) is 21.5. The summed E-state index contributed by atoms with van der Waals surface area (Å²) in [6, 6.07) is 5.67. The van der Waals surface area contributed by atoms with Crippen LogP contribution in [0.2, 0.25) is 0 Å². The third-order valence-corrected chi connectivity index (χ3v) is 6.05. The van der Waals surface area contributed by atoms with Crippen molar-refractivity contribution < 1.29 is 13.2 Å². The van der Waals surface area contributed by atoms with Crippen molar-refractivity contribution in [1.82, 2.24) is 14.5 Å². The van der Waals surface area contributed by atoms with Crippen LogP contribution in [0, 0.1) is 13.8 Å². The van der Waals surface area contributed by atoms with Gasteiger partial charge in [-0.15, -0.1) is 0 Å². The number of fused-ring (bicyclic) bond motifs is 1. The number of rotatable bonds is 4. The number of nitrogens with one attached hydrogen (secondary N) is 1. The van der Waals surface area contributed by atoms with Crippen molar-refractivity contribution in [2.45, 2.75) is 58.3 Å². The summed E-state index contributed by atoms with van der Waals surface area (Å²) in [5, 5.41) is 3.84. The molecule has 1 fully saturated rings. The molecule has 2 aromatic heterocycles. The van der Waals surface area contributed by atoms with Gasteiger partial charge in [0.05, 0.1) is 16.5 Å². The Balaban J connectivity index is 1.73. The summed E-state index contributed by atoms with van der Waals surface area (Å²) in [6.07, 6.45) is 0.310. The highest BCUT2D eigenvalue weighted by molar-refractivity contribution is 5.88. The van der Waals surface area contributed by atoms with Gasteiger partial charge >= 0.3 is 6.18 Å². The lowest BCUT2D eigenvalue weighted by Gasteiger charge is -2.40. The molecule has 0 bridgehead atoms. The van der Waals surface area contributed by atoms with Gasteiger partial charge in [0.1, 0.15) is 11.6 Å². The van der Waals surface area contributed by atoms with E-state index in [0.29, 0.717) is 28.1 Å². The molecule has 158 valence electrons. The number of benzene rings is 1. The van der Waals surface area contributed by atoms with Crippen molar-refractivity contribution >= 4 is 16.7 Å². The molecule has 1 aliphatic rings. The fourth-order valence-corrected chi connectivity index (χ4v) is 4.07. The Morgan fingerprint density at radius 1 is 1.20 bits per heavy atom. The SMILES string of the molecule is Cc1nc(NCc2cccc(C(F)(F)F)c2C)c2cn(C3(C)CCC3)c(=O)cc2n1. The van der Waals surface area contributed by atoms with Crippen LogP contribution >= 0.6 is 0 Å². The van der Waals surface area contributed by atoms with E-state index in [1.54, 1.807) is 23.8 Å². The standard InChI is InChI=1S/C22H23F3N4O/c1-13-15(6-4-7-17(13)22(23,24)25)11-26-20-16-12-29(21(3)8-5-9-21)19(30)10-18(16)27-14(2)28-20/h4,6-7,10,12H,5,8-9,11H2,1-3H3,(H,26,27,28). The maximum atomic E-state index is 13.2. The predicted molar refractivity (Wildman–Crippen MR) is 110 cm³/mol. The molecular formula is C22H23F3N4O. The molecule has 0 aliphatic heterocycles. The second-order valence-corrected chi connectivity index (χ2v) is 8.19. The molecule has 0 spiro atoms. The Morgan fingerprint density at radius 3 is 2.57 bits per heavy atom. The van der Waals surface area contributed by atoms with Crippen molar-refractivity contribution in [3.05, 3.63) is 63.3 Å². The summed E-state index contributed by atoms with van der Waals surface area (Å²) < 4.78 is 41.4. The van der Waals surface area contributed by atoms with E-state index in [1.165, 1.54) is 19.1 Å². The monoisotopic (exact) mass is 416 g/mol. The molecule has 0 radical (unpaired) electrons. The largest absolute Gasteiger partial charge is 0.416 e. The van der Waals surface area contributed by atoms with Crippen molar-refractivity contribution in [2.75, 3.05) is 5.32 Å². The lowest BCUT2D eigenvalue weighted by Crippen LogP contribution is -2.43. The molecule has 0 atom stereocenters. The minimum Gasteiger partial charge on any atom is -0.365 e. The first-order chi connectivity index (χ1) is 14.1. The van der Waals surface area contributed by atoms with Gasteiger partial charge in [-0.05, 0) is 57.2 Å². The zero-order valence-electron chi connectivity index (χ0n) is 17.1. The number of anilines is 1. The van der Waals surface area contributed by atoms with E-state index >= 15 is 0 Å². The summed E-state index contributed by atoms with van der Waals surface area (Å²) in [5.74, 6) is 0.990. The van der Waals surface area contributed by atoms with Gasteiger partial charge in [0.15, 0.2) is 0 Å². The Labute approximate surface area is 172 Å². The van der Waals surface area contributed by atoms with Crippen LogP contribution < -0.4 is 10.9 Å². The highest BCUT2D eigenvalue weighted by atomic mass is 19.4. The highest BCUT2D eigenvalue weighted by Crippen LogP contribution is 2.38. The molecule has 2 heterocycles. The molecule has 0 amide bonds. The van der Waals surface area contributed by atoms with Gasteiger partial charge in [0.2, 0.25) is 0 Å².